The zero-order valence-corrected chi connectivity index (χ0v) is 18.0. The minimum atomic E-state index is -0.988. The number of rotatable bonds is 4. The lowest BCUT2D eigenvalue weighted by atomic mass is 9.95. The molecule has 1 amide bonds. The molecule has 0 fully saturated rings. The number of nitrogens with zero attached hydrogens (tertiary/aromatic N) is 3. The van der Waals surface area contributed by atoms with Gasteiger partial charge in [0.05, 0.1) is 30.4 Å². The van der Waals surface area contributed by atoms with Crippen molar-refractivity contribution in [2.45, 2.75) is 13.0 Å². The van der Waals surface area contributed by atoms with Crippen LogP contribution in [0, 0.1) is 10.1 Å². The molecule has 0 radical (unpaired) electrons. The summed E-state index contributed by atoms with van der Waals surface area (Å²) >= 11 is 6.00. The molecule has 1 atom stereocenters. The van der Waals surface area contributed by atoms with Crippen LogP contribution in [0.3, 0.4) is 0 Å². The van der Waals surface area contributed by atoms with E-state index >= 15 is 0 Å². The van der Waals surface area contributed by atoms with E-state index in [4.69, 9.17) is 25.8 Å². The number of amidine groups is 1. The molecule has 3 rings (SSSR count). The molecular weight excluding hydrogens is 442 g/mol. The van der Waals surface area contributed by atoms with Gasteiger partial charge in [-0.2, -0.15) is 0 Å². The molecule has 10 nitrogen and oxygen atoms in total. The number of non-ortho nitro benzene ring substituents is 1. The number of ether oxygens (including phenoxy) is 3. The number of esters is 1. The Balaban J connectivity index is 2.05. The van der Waals surface area contributed by atoms with Crippen molar-refractivity contribution in [3.05, 3.63) is 80.5 Å². The van der Waals surface area contributed by atoms with Crippen LogP contribution in [0.1, 0.15) is 18.5 Å². The number of methoxy groups -OCH3 is 2. The highest BCUT2D eigenvalue weighted by Gasteiger charge is 2.42. The van der Waals surface area contributed by atoms with Gasteiger partial charge in [0, 0.05) is 17.2 Å². The molecule has 11 heteroatoms. The Labute approximate surface area is 187 Å². The Morgan fingerprint density at radius 3 is 2.25 bits per heavy atom. The lowest BCUT2D eigenvalue weighted by Crippen LogP contribution is -2.46. The quantitative estimate of drug-likeness (QED) is 0.380. The first-order valence-electron chi connectivity index (χ1n) is 9.19. The van der Waals surface area contributed by atoms with Crippen molar-refractivity contribution >= 4 is 35.4 Å². The molecule has 0 N–H and O–H groups in total. The highest BCUT2D eigenvalue weighted by atomic mass is 35.5. The zero-order valence-electron chi connectivity index (χ0n) is 17.3. The summed E-state index contributed by atoms with van der Waals surface area (Å²) in [6, 6.07) is 10.4. The van der Waals surface area contributed by atoms with Gasteiger partial charge >= 0.3 is 18.1 Å². The Morgan fingerprint density at radius 2 is 1.72 bits per heavy atom. The molecular formula is C21H18ClN3O7. The molecule has 166 valence electrons. The van der Waals surface area contributed by atoms with Crippen molar-refractivity contribution in [1.82, 2.24) is 4.90 Å². The first-order valence-corrected chi connectivity index (χ1v) is 9.57. The van der Waals surface area contributed by atoms with Crippen molar-refractivity contribution in [1.29, 1.82) is 0 Å². The maximum Gasteiger partial charge on any atom is 0.424 e. The van der Waals surface area contributed by atoms with Gasteiger partial charge in [0.2, 0.25) is 0 Å². The van der Waals surface area contributed by atoms with Gasteiger partial charge in [0.1, 0.15) is 11.8 Å². The van der Waals surface area contributed by atoms with Crippen LogP contribution in [0.2, 0.25) is 5.02 Å². The summed E-state index contributed by atoms with van der Waals surface area (Å²) in [4.78, 5) is 41.3. The Kier molecular flexibility index (Phi) is 6.74. The summed E-state index contributed by atoms with van der Waals surface area (Å²) in [6.45, 7) is 1.59. The second-order valence-corrected chi connectivity index (χ2v) is 6.97. The number of benzene rings is 2. The molecule has 1 unspecified atom stereocenters. The summed E-state index contributed by atoms with van der Waals surface area (Å²) in [5.74, 6) is -0.633. The smallest absolute Gasteiger partial charge is 0.424 e. The van der Waals surface area contributed by atoms with Crippen LogP contribution in [0.4, 0.5) is 10.5 Å². The SMILES string of the molecule is COC(=O)C1=C(C)N=C(OC)N(C(=O)Oc2ccc([N+](=O)[O-])cc2)C1c1ccc(Cl)cc1. The van der Waals surface area contributed by atoms with Gasteiger partial charge in [0.15, 0.2) is 0 Å². The molecule has 0 bridgehead atoms. The van der Waals surface area contributed by atoms with Crippen LogP contribution < -0.4 is 4.74 Å². The predicted molar refractivity (Wildman–Crippen MR) is 114 cm³/mol. The number of hydrogen-bond donors (Lipinski definition) is 0. The fourth-order valence-corrected chi connectivity index (χ4v) is 3.26. The topological polar surface area (TPSA) is 121 Å². The first-order chi connectivity index (χ1) is 15.3. The van der Waals surface area contributed by atoms with E-state index in [0.717, 1.165) is 4.90 Å². The molecule has 0 aromatic heterocycles. The molecule has 0 spiro atoms. The third kappa shape index (κ3) is 4.54. The van der Waals surface area contributed by atoms with E-state index in [9.17, 15) is 19.7 Å². The number of amides is 1. The van der Waals surface area contributed by atoms with Crippen LogP contribution in [0.15, 0.2) is 64.8 Å². The average Bonchev–Trinajstić information content (AvgIpc) is 2.78. The van der Waals surface area contributed by atoms with Gasteiger partial charge in [-0.15, -0.1) is 0 Å². The maximum absolute atomic E-state index is 13.2. The van der Waals surface area contributed by atoms with E-state index in [-0.39, 0.29) is 23.0 Å². The molecule has 2 aromatic carbocycles. The Morgan fingerprint density at radius 1 is 1.09 bits per heavy atom. The van der Waals surface area contributed by atoms with Gasteiger partial charge in [0.25, 0.3) is 5.69 Å². The summed E-state index contributed by atoms with van der Waals surface area (Å²) in [6.07, 6.45) is -0.923. The average molecular weight is 460 g/mol. The molecule has 0 aliphatic carbocycles. The second-order valence-electron chi connectivity index (χ2n) is 6.53. The minimum Gasteiger partial charge on any atom is -0.468 e. The standard InChI is InChI=1S/C21H18ClN3O7/c1-12-17(19(26)30-2)18(13-4-6-14(22)7-5-13)24(20(23-12)31-3)21(27)32-16-10-8-15(9-11-16)25(28)29/h4-11,18H,1-3H3. The van der Waals surface area contributed by atoms with Gasteiger partial charge < -0.3 is 14.2 Å². The number of allylic oxidation sites excluding steroid dienone is 1. The van der Waals surface area contributed by atoms with Crippen molar-refractivity contribution in [3.63, 3.8) is 0 Å². The maximum atomic E-state index is 13.2. The van der Waals surface area contributed by atoms with Crippen molar-refractivity contribution in [2.75, 3.05) is 14.2 Å². The van der Waals surface area contributed by atoms with Gasteiger partial charge in [-0.3, -0.25) is 10.1 Å². The molecule has 0 saturated heterocycles. The van der Waals surface area contributed by atoms with Crippen molar-refractivity contribution in [3.8, 4) is 5.75 Å². The van der Waals surface area contributed by atoms with Crippen LogP contribution >= 0.6 is 11.6 Å². The van der Waals surface area contributed by atoms with Gasteiger partial charge in [-0.1, -0.05) is 23.7 Å². The lowest BCUT2D eigenvalue weighted by Gasteiger charge is -2.34. The molecule has 1 aliphatic heterocycles. The van der Waals surface area contributed by atoms with Crippen LogP contribution in [0.5, 0.6) is 5.75 Å². The third-order valence-corrected chi connectivity index (χ3v) is 4.87. The van der Waals surface area contributed by atoms with E-state index in [1.807, 2.05) is 0 Å². The zero-order chi connectivity index (χ0) is 23.4. The monoisotopic (exact) mass is 459 g/mol. The van der Waals surface area contributed by atoms with E-state index in [2.05, 4.69) is 4.99 Å². The van der Waals surface area contributed by atoms with Crippen molar-refractivity contribution in [2.24, 2.45) is 4.99 Å². The summed E-state index contributed by atoms with van der Waals surface area (Å²) < 4.78 is 15.6. The minimum absolute atomic E-state index is 0.0526. The predicted octanol–water partition coefficient (Wildman–Crippen LogP) is 4.25. The largest absolute Gasteiger partial charge is 0.468 e. The summed E-state index contributed by atoms with van der Waals surface area (Å²) in [5, 5.41) is 11.3. The van der Waals surface area contributed by atoms with E-state index in [0.29, 0.717) is 16.3 Å². The third-order valence-electron chi connectivity index (χ3n) is 4.61. The van der Waals surface area contributed by atoms with E-state index in [1.54, 1.807) is 31.2 Å². The molecule has 1 heterocycles. The summed E-state index contributed by atoms with van der Waals surface area (Å²) in [5.41, 5.74) is 0.774. The number of halogens is 1. The van der Waals surface area contributed by atoms with E-state index < -0.39 is 23.0 Å². The lowest BCUT2D eigenvalue weighted by molar-refractivity contribution is -0.384. The van der Waals surface area contributed by atoms with Gasteiger partial charge in [-0.25, -0.2) is 19.5 Å². The normalized spacial score (nSPS) is 15.7. The number of carbonyl (C=O) groups is 2. The highest BCUT2D eigenvalue weighted by Crippen LogP contribution is 2.37. The Bertz CT molecular complexity index is 1110. The number of nitro groups is 1. The summed E-state index contributed by atoms with van der Waals surface area (Å²) in [7, 11) is 2.54. The Hall–Kier alpha value is -3.92. The first kappa shape index (κ1) is 22.8. The fraction of sp³-hybridized carbons (Fsp3) is 0.190. The number of nitro benzene ring substituents is 1. The molecule has 2 aromatic rings. The number of aliphatic imine (C=N–C) groups is 1. The number of hydrogen-bond acceptors (Lipinski definition) is 8. The number of carbonyl (C=O) groups excluding carboxylic acids is 2. The van der Waals surface area contributed by atoms with Crippen LogP contribution in [-0.4, -0.2) is 42.1 Å². The molecule has 32 heavy (non-hydrogen) atoms. The molecule has 1 aliphatic rings. The van der Waals surface area contributed by atoms with Crippen molar-refractivity contribution < 1.29 is 28.7 Å². The van der Waals surface area contributed by atoms with Crippen LogP contribution in [0.25, 0.3) is 0 Å². The van der Waals surface area contributed by atoms with Gasteiger partial charge in [-0.05, 0) is 36.8 Å². The highest BCUT2D eigenvalue weighted by molar-refractivity contribution is 6.30. The molecule has 0 saturated carbocycles. The van der Waals surface area contributed by atoms with E-state index in [1.165, 1.54) is 38.5 Å². The fourth-order valence-electron chi connectivity index (χ4n) is 3.14. The van der Waals surface area contributed by atoms with Crippen LogP contribution in [-0.2, 0) is 14.3 Å². The second kappa shape index (κ2) is 9.48.